The fourth-order valence-corrected chi connectivity index (χ4v) is 1.55. The van der Waals surface area contributed by atoms with Gasteiger partial charge < -0.3 is 4.74 Å². The van der Waals surface area contributed by atoms with Crippen LogP contribution in [0.5, 0.6) is 11.5 Å². The molecule has 0 unspecified atom stereocenters. The summed E-state index contributed by atoms with van der Waals surface area (Å²) in [5.41, 5.74) is 0.616. The van der Waals surface area contributed by atoms with E-state index in [0.29, 0.717) is 11.3 Å². The zero-order chi connectivity index (χ0) is 11.5. The largest absolute Gasteiger partial charge is 0.451 e. The molecule has 5 heteroatoms. The second-order valence-electron chi connectivity index (χ2n) is 3.31. The van der Waals surface area contributed by atoms with E-state index in [1.807, 2.05) is 0 Å². The standard InChI is InChI=1S/C11H10ClFN2O/c1-15-7-9(6-14-15)16-11-8(5-12)3-2-4-10(11)13/h2-4,6-7H,5H2,1H3. The first kappa shape index (κ1) is 11.0. The Balaban J connectivity index is 2.33. The highest BCUT2D eigenvalue weighted by Crippen LogP contribution is 2.28. The lowest BCUT2D eigenvalue weighted by atomic mass is 10.2. The summed E-state index contributed by atoms with van der Waals surface area (Å²) >= 11 is 5.71. The molecule has 2 aromatic rings. The Morgan fingerprint density at radius 3 is 2.94 bits per heavy atom. The van der Waals surface area contributed by atoms with Gasteiger partial charge in [-0.05, 0) is 6.07 Å². The third-order valence-corrected chi connectivity index (χ3v) is 2.38. The molecule has 1 aromatic heterocycles. The number of hydrogen-bond acceptors (Lipinski definition) is 2. The fourth-order valence-electron chi connectivity index (χ4n) is 1.34. The highest BCUT2D eigenvalue weighted by Gasteiger charge is 2.10. The van der Waals surface area contributed by atoms with Crippen LogP contribution in [0.4, 0.5) is 4.39 Å². The molecule has 84 valence electrons. The third-order valence-electron chi connectivity index (χ3n) is 2.09. The van der Waals surface area contributed by atoms with Crippen LogP contribution in [0, 0.1) is 5.82 Å². The highest BCUT2D eigenvalue weighted by atomic mass is 35.5. The molecule has 2 rings (SSSR count). The maximum Gasteiger partial charge on any atom is 0.167 e. The molecule has 0 saturated heterocycles. The minimum absolute atomic E-state index is 0.158. The average molecular weight is 241 g/mol. The van der Waals surface area contributed by atoms with Crippen molar-refractivity contribution >= 4 is 11.6 Å². The summed E-state index contributed by atoms with van der Waals surface area (Å²) in [5, 5.41) is 3.93. The summed E-state index contributed by atoms with van der Waals surface area (Å²) in [6.45, 7) is 0. The van der Waals surface area contributed by atoms with Gasteiger partial charge in [-0.15, -0.1) is 11.6 Å². The van der Waals surface area contributed by atoms with Gasteiger partial charge in [0.15, 0.2) is 17.3 Å². The number of rotatable bonds is 3. The van der Waals surface area contributed by atoms with E-state index >= 15 is 0 Å². The van der Waals surface area contributed by atoms with Gasteiger partial charge in [-0.1, -0.05) is 12.1 Å². The molecule has 0 aliphatic carbocycles. The van der Waals surface area contributed by atoms with Crippen LogP contribution >= 0.6 is 11.6 Å². The number of halogens is 2. The Labute approximate surface area is 97.4 Å². The van der Waals surface area contributed by atoms with Crippen LogP contribution in [0.1, 0.15) is 5.56 Å². The minimum atomic E-state index is -0.429. The minimum Gasteiger partial charge on any atom is -0.451 e. The van der Waals surface area contributed by atoms with Crippen molar-refractivity contribution in [2.75, 3.05) is 0 Å². The number of para-hydroxylation sites is 1. The first-order valence-corrected chi connectivity index (χ1v) is 5.24. The number of nitrogens with zero attached hydrogens (tertiary/aromatic N) is 2. The van der Waals surface area contributed by atoms with Crippen molar-refractivity contribution in [3.63, 3.8) is 0 Å². The SMILES string of the molecule is Cn1cc(Oc2c(F)cccc2CCl)cn1. The van der Waals surface area contributed by atoms with Gasteiger partial charge >= 0.3 is 0 Å². The second-order valence-corrected chi connectivity index (χ2v) is 3.58. The summed E-state index contributed by atoms with van der Waals surface area (Å²) in [7, 11) is 1.76. The second kappa shape index (κ2) is 4.53. The molecular weight excluding hydrogens is 231 g/mol. The average Bonchev–Trinajstić information content (AvgIpc) is 2.67. The molecule has 0 bridgehead atoms. The van der Waals surface area contributed by atoms with Crippen molar-refractivity contribution in [1.29, 1.82) is 0 Å². The lowest BCUT2D eigenvalue weighted by Gasteiger charge is -2.08. The molecule has 0 radical (unpaired) electrons. The van der Waals surface area contributed by atoms with Crippen LogP contribution in [0.25, 0.3) is 0 Å². The van der Waals surface area contributed by atoms with E-state index in [0.717, 1.165) is 0 Å². The van der Waals surface area contributed by atoms with Gasteiger partial charge in [-0.3, -0.25) is 4.68 Å². The number of aromatic nitrogens is 2. The van der Waals surface area contributed by atoms with Crippen molar-refractivity contribution in [1.82, 2.24) is 9.78 Å². The summed E-state index contributed by atoms with van der Waals surface area (Å²) < 4.78 is 20.5. The van der Waals surface area contributed by atoms with E-state index < -0.39 is 5.82 Å². The maximum absolute atomic E-state index is 13.5. The third kappa shape index (κ3) is 2.17. The zero-order valence-electron chi connectivity index (χ0n) is 8.65. The summed E-state index contributed by atoms with van der Waals surface area (Å²) in [4.78, 5) is 0. The van der Waals surface area contributed by atoms with E-state index in [1.165, 1.54) is 12.3 Å². The van der Waals surface area contributed by atoms with Crippen molar-refractivity contribution in [2.45, 2.75) is 5.88 Å². The van der Waals surface area contributed by atoms with Crippen LogP contribution < -0.4 is 4.74 Å². The van der Waals surface area contributed by atoms with Crippen LogP contribution in [0.3, 0.4) is 0 Å². The molecule has 0 saturated carbocycles. The van der Waals surface area contributed by atoms with Crippen LogP contribution in [-0.2, 0) is 12.9 Å². The molecule has 0 aliphatic heterocycles. The predicted molar refractivity (Wildman–Crippen MR) is 59.2 cm³/mol. The molecule has 16 heavy (non-hydrogen) atoms. The Morgan fingerprint density at radius 1 is 1.50 bits per heavy atom. The lowest BCUT2D eigenvalue weighted by Crippen LogP contribution is -1.92. The van der Waals surface area contributed by atoms with Gasteiger partial charge in [0, 0.05) is 12.6 Å². The van der Waals surface area contributed by atoms with Crippen LogP contribution in [0.15, 0.2) is 30.6 Å². The van der Waals surface area contributed by atoms with Crippen molar-refractivity contribution in [3.8, 4) is 11.5 Å². The molecule has 0 atom stereocenters. The highest BCUT2D eigenvalue weighted by molar-refractivity contribution is 6.17. The van der Waals surface area contributed by atoms with E-state index in [4.69, 9.17) is 16.3 Å². The molecule has 0 spiro atoms. The number of hydrogen-bond donors (Lipinski definition) is 0. The van der Waals surface area contributed by atoms with Gasteiger partial charge in [-0.25, -0.2) is 4.39 Å². The van der Waals surface area contributed by atoms with Gasteiger partial charge in [-0.2, -0.15) is 5.10 Å². The summed E-state index contributed by atoms with van der Waals surface area (Å²) in [6.07, 6.45) is 3.18. The Hall–Kier alpha value is -1.55. The van der Waals surface area contributed by atoms with Crippen LogP contribution in [-0.4, -0.2) is 9.78 Å². The Bertz CT molecular complexity index is 498. The van der Waals surface area contributed by atoms with E-state index in [-0.39, 0.29) is 11.6 Å². The molecule has 3 nitrogen and oxygen atoms in total. The molecule has 0 aliphatic rings. The molecular formula is C11H10ClFN2O. The van der Waals surface area contributed by atoms with Crippen LogP contribution in [0.2, 0.25) is 0 Å². The number of aryl methyl sites for hydroxylation is 1. The number of alkyl halides is 1. The van der Waals surface area contributed by atoms with E-state index in [1.54, 1.807) is 30.1 Å². The van der Waals surface area contributed by atoms with Gasteiger partial charge in [0.05, 0.1) is 18.3 Å². The number of ether oxygens (including phenoxy) is 1. The fraction of sp³-hybridized carbons (Fsp3) is 0.182. The van der Waals surface area contributed by atoms with E-state index in [2.05, 4.69) is 5.10 Å². The quantitative estimate of drug-likeness (QED) is 0.771. The predicted octanol–water partition coefficient (Wildman–Crippen LogP) is 3.09. The van der Waals surface area contributed by atoms with Crippen molar-refractivity contribution in [2.24, 2.45) is 7.05 Å². The molecule has 0 fully saturated rings. The Kier molecular flexibility index (Phi) is 3.10. The lowest BCUT2D eigenvalue weighted by molar-refractivity contribution is 0.437. The normalized spacial score (nSPS) is 10.4. The molecule has 0 amide bonds. The van der Waals surface area contributed by atoms with Crippen molar-refractivity contribution < 1.29 is 9.13 Å². The zero-order valence-corrected chi connectivity index (χ0v) is 9.41. The topological polar surface area (TPSA) is 27.1 Å². The monoisotopic (exact) mass is 240 g/mol. The molecule has 0 N–H and O–H groups in total. The summed E-state index contributed by atoms with van der Waals surface area (Å²) in [5.74, 6) is 0.416. The smallest absolute Gasteiger partial charge is 0.167 e. The molecule has 1 aromatic carbocycles. The van der Waals surface area contributed by atoms with Gasteiger partial charge in [0.2, 0.25) is 0 Å². The summed E-state index contributed by atoms with van der Waals surface area (Å²) in [6, 6.07) is 4.66. The molecule has 1 heterocycles. The van der Waals surface area contributed by atoms with Gasteiger partial charge in [0.25, 0.3) is 0 Å². The maximum atomic E-state index is 13.5. The Morgan fingerprint density at radius 2 is 2.31 bits per heavy atom. The van der Waals surface area contributed by atoms with Crippen molar-refractivity contribution in [3.05, 3.63) is 42.0 Å². The first-order valence-electron chi connectivity index (χ1n) is 4.70. The first-order chi connectivity index (χ1) is 7.70. The number of benzene rings is 1. The van der Waals surface area contributed by atoms with E-state index in [9.17, 15) is 4.39 Å². The van der Waals surface area contributed by atoms with Gasteiger partial charge in [0.1, 0.15) is 0 Å².